The molecular formula is C11H23NO3S. The summed E-state index contributed by atoms with van der Waals surface area (Å²) in [7, 11) is 0.696. The number of methoxy groups -OCH3 is 1. The van der Waals surface area contributed by atoms with E-state index in [1.165, 1.54) is 7.11 Å². The number of hydrogen-bond donors (Lipinski definition) is 1. The van der Waals surface area contributed by atoms with E-state index in [9.17, 15) is 9.00 Å². The molecule has 0 heterocycles. The van der Waals surface area contributed by atoms with Gasteiger partial charge in [-0.25, -0.2) is 0 Å². The Balaban J connectivity index is 3.61. The van der Waals surface area contributed by atoms with Crippen LogP contribution in [-0.4, -0.2) is 41.9 Å². The van der Waals surface area contributed by atoms with Gasteiger partial charge >= 0.3 is 5.97 Å². The zero-order valence-corrected chi connectivity index (χ0v) is 11.4. The maximum absolute atomic E-state index is 11.2. The van der Waals surface area contributed by atoms with E-state index in [1.807, 2.05) is 13.8 Å². The molecule has 0 amide bonds. The van der Waals surface area contributed by atoms with Crippen molar-refractivity contribution in [2.24, 2.45) is 5.92 Å². The van der Waals surface area contributed by atoms with Crippen molar-refractivity contribution < 1.29 is 13.7 Å². The lowest BCUT2D eigenvalue weighted by atomic mass is 10.0. The Hall–Kier alpha value is -0.420. The topological polar surface area (TPSA) is 55.4 Å². The molecule has 3 unspecified atom stereocenters. The van der Waals surface area contributed by atoms with Crippen LogP contribution < -0.4 is 5.32 Å². The maximum Gasteiger partial charge on any atom is 0.308 e. The summed E-state index contributed by atoms with van der Waals surface area (Å²) in [6.07, 6.45) is 3.38. The third kappa shape index (κ3) is 7.82. The van der Waals surface area contributed by atoms with Gasteiger partial charge in [-0.2, -0.15) is 0 Å². The molecule has 0 aliphatic rings. The summed E-state index contributed by atoms with van der Waals surface area (Å²) in [4.78, 5) is 11.2. The highest BCUT2D eigenvalue weighted by atomic mass is 32.2. The van der Waals surface area contributed by atoms with E-state index in [2.05, 4.69) is 10.1 Å². The molecule has 0 aromatic heterocycles. The van der Waals surface area contributed by atoms with Crippen LogP contribution in [0.15, 0.2) is 0 Å². The van der Waals surface area contributed by atoms with Crippen molar-refractivity contribution in [3.63, 3.8) is 0 Å². The van der Waals surface area contributed by atoms with Gasteiger partial charge in [-0.3, -0.25) is 9.00 Å². The van der Waals surface area contributed by atoms with Gasteiger partial charge in [0.1, 0.15) is 0 Å². The Morgan fingerprint density at radius 3 is 2.56 bits per heavy atom. The van der Waals surface area contributed by atoms with Gasteiger partial charge in [-0.05, 0) is 26.3 Å². The Bertz CT molecular complexity index is 233. The average Bonchev–Trinajstić information content (AvgIpc) is 2.22. The minimum absolute atomic E-state index is 0.0761. The molecule has 0 spiro atoms. The molecule has 1 N–H and O–H groups in total. The highest BCUT2D eigenvalue weighted by Crippen LogP contribution is 2.07. The van der Waals surface area contributed by atoms with Crippen molar-refractivity contribution in [3.8, 4) is 0 Å². The van der Waals surface area contributed by atoms with Crippen LogP contribution in [0.2, 0.25) is 0 Å². The fraction of sp³-hybridized carbons (Fsp3) is 0.909. The van der Waals surface area contributed by atoms with E-state index in [0.717, 1.165) is 25.1 Å². The standard InChI is InChI=1S/C11H23NO3S/c1-9(11(13)15-3)8-10(2)12-6-5-7-16(4)14/h9-10,12H,5-8H2,1-4H3. The van der Waals surface area contributed by atoms with E-state index in [0.29, 0.717) is 0 Å². The molecule has 0 aliphatic carbocycles. The predicted octanol–water partition coefficient (Wildman–Crippen LogP) is 0.932. The lowest BCUT2D eigenvalue weighted by Crippen LogP contribution is -2.31. The monoisotopic (exact) mass is 249 g/mol. The fourth-order valence-electron chi connectivity index (χ4n) is 1.53. The highest BCUT2D eigenvalue weighted by molar-refractivity contribution is 7.84. The molecule has 0 saturated carbocycles. The first-order valence-corrected chi connectivity index (χ1v) is 7.31. The quantitative estimate of drug-likeness (QED) is 0.514. The molecule has 5 heteroatoms. The van der Waals surface area contributed by atoms with Crippen LogP contribution in [0, 0.1) is 5.92 Å². The SMILES string of the molecule is COC(=O)C(C)CC(C)NCCCS(C)=O. The number of carbonyl (C=O) groups is 1. The molecule has 0 fully saturated rings. The largest absolute Gasteiger partial charge is 0.469 e. The third-order valence-electron chi connectivity index (χ3n) is 2.41. The van der Waals surface area contributed by atoms with Gasteiger partial charge in [0, 0.05) is 28.9 Å². The summed E-state index contributed by atoms with van der Waals surface area (Å²) < 4.78 is 15.5. The lowest BCUT2D eigenvalue weighted by molar-refractivity contribution is -0.145. The van der Waals surface area contributed by atoms with Crippen LogP contribution >= 0.6 is 0 Å². The van der Waals surface area contributed by atoms with E-state index in [-0.39, 0.29) is 17.9 Å². The number of hydrogen-bond acceptors (Lipinski definition) is 4. The average molecular weight is 249 g/mol. The minimum atomic E-state index is -0.714. The molecule has 4 nitrogen and oxygen atoms in total. The first-order valence-electron chi connectivity index (χ1n) is 5.58. The summed E-state index contributed by atoms with van der Waals surface area (Å²) in [6.45, 7) is 4.75. The van der Waals surface area contributed by atoms with Crippen LogP contribution in [-0.2, 0) is 20.3 Å². The Kier molecular flexibility index (Phi) is 8.47. The molecule has 3 atom stereocenters. The number of esters is 1. The molecule has 16 heavy (non-hydrogen) atoms. The highest BCUT2D eigenvalue weighted by Gasteiger charge is 2.15. The van der Waals surface area contributed by atoms with Crippen LogP contribution in [0.4, 0.5) is 0 Å². The number of ether oxygens (including phenoxy) is 1. The first-order chi connectivity index (χ1) is 7.47. The van der Waals surface area contributed by atoms with Gasteiger partial charge < -0.3 is 10.1 Å². The van der Waals surface area contributed by atoms with Gasteiger partial charge in [0.15, 0.2) is 0 Å². The minimum Gasteiger partial charge on any atom is -0.469 e. The van der Waals surface area contributed by atoms with Crippen molar-refractivity contribution in [1.82, 2.24) is 5.32 Å². The van der Waals surface area contributed by atoms with Crippen molar-refractivity contribution in [2.75, 3.05) is 25.7 Å². The normalized spacial score (nSPS) is 16.5. The van der Waals surface area contributed by atoms with Crippen LogP contribution in [0.3, 0.4) is 0 Å². The summed E-state index contributed by atoms with van der Waals surface area (Å²) >= 11 is 0. The van der Waals surface area contributed by atoms with Gasteiger partial charge in [0.05, 0.1) is 13.0 Å². The second-order valence-electron chi connectivity index (χ2n) is 4.15. The maximum atomic E-state index is 11.2. The van der Waals surface area contributed by atoms with Gasteiger partial charge in [-0.1, -0.05) is 6.92 Å². The second kappa shape index (κ2) is 8.70. The molecule has 0 aliphatic heterocycles. The molecule has 0 rings (SSSR count). The van der Waals surface area contributed by atoms with E-state index < -0.39 is 10.8 Å². The smallest absolute Gasteiger partial charge is 0.308 e. The van der Waals surface area contributed by atoms with Crippen LogP contribution in [0.1, 0.15) is 26.7 Å². The van der Waals surface area contributed by atoms with Crippen molar-refractivity contribution in [1.29, 1.82) is 0 Å². The van der Waals surface area contributed by atoms with Crippen molar-refractivity contribution >= 4 is 16.8 Å². The van der Waals surface area contributed by atoms with Gasteiger partial charge in [0.25, 0.3) is 0 Å². The summed E-state index contributed by atoms with van der Waals surface area (Å²) in [6, 6.07) is 0.277. The summed E-state index contributed by atoms with van der Waals surface area (Å²) in [5, 5.41) is 3.31. The zero-order chi connectivity index (χ0) is 12.6. The lowest BCUT2D eigenvalue weighted by Gasteiger charge is -2.16. The molecule has 96 valence electrons. The first kappa shape index (κ1) is 15.6. The van der Waals surface area contributed by atoms with Gasteiger partial charge in [-0.15, -0.1) is 0 Å². The van der Waals surface area contributed by atoms with Crippen molar-refractivity contribution in [2.45, 2.75) is 32.7 Å². The zero-order valence-electron chi connectivity index (χ0n) is 10.6. The molecule has 0 aromatic rings. The van der Waals surface area contributed by atoms with E-state index >= 15 is 0 Å². The third-order valence-corrected chi connectivity index (χ3v) is 3.28. The van der Waals surface area contributed by atoms with E-state index in [4.69, 9.17) is 0 Å². The molecule has 0 radical (unpaired) electrons. The number of rotatable bonds is 8. The van der Waals surface area contributed by atoms with Crippen LogP contribution in [0.5, 0.6) is 0 Å². The Morgan fingerprint density at radius 2 is 2.06 bits per heavy atom. The predicted molar refractivity (Wildman–Crippen MR) is 66.8 cm³/mol. The van der Waals surface area contributed by atoms with Crippen molar-refractivity contribution in [3.05, 3.63) is 0 Å². The number of nitrogens with one attached hydrogen (secondary N) is 1. The second-order valence-corrected chi connectivity index (χ2v) is 5.70. The number of carbonyl (C=O) groups excluding carboxylic acids is 1. The Labute approximate surface area is 101 Å². The molecular weight excluding hydrogens is 226 g/mol. The molecule has 0 saturated heterocycles. The van der Waals surface area contributed by atoms with Gasteiger partial charge in [0.2, 0.25) is 0 Å². The molecule has 0 bridgehead atoms. The summed E-state index contributed by atoms with van der Waals surface area (Å²) in [5.41, 5.74) is 0. The van der Waals surface area contributed by atoms with Crippen LogP contribution in [0.25, 0.3) is 0 Å². The van der Waals surface area contributed by atoms with E-state index in [1.54, 1.807) is 6.26 Å². The summed E-state index contributed by atoms with van der Waals surface area (Å²) in [5.74, 6) is 0.489. The molecule has 0 aromatic carbocycles. The fourth-order valence-corrected chi connectivity index (χ4v) is 2.09. The Morgan fingerprint density at radius 1 is 1.44 bits per heavy atom.